The van der Waals surface area contributed by atoms with Gasteiger partial charge in [0.25, 0.3) is 0 Å². The van der Waals surface area contributed by atoms with E-state index in [-0.39, 0.29) is 4.77 Å². The molecule has 2 rings (SSSR count). The fraction of sp³-hybridized carbons (Fsp3) is 0.556. The van der Waals surface area contributed by atoms with Crippen LogP contribution in [0, 0.1) is 9.41 Å². The number of phosphoric ester groups is 1. The van der Waals surface area contributed by atoms with E-state index in [2.05, 4.69) is 9.51 Å². The van der Waals surface area contributed by atoms with E-state index in [1.54, 1.807) is 0 Å². The molecule has 0 aliphatic carbocycles. The number of rotatable bonds is 4. The first-order valence-electron chi connectivity index (χ1n) is 5.72. The number of ether oxygens (including phenoxy) is 1. The van der Waals surface area contributed by atoms with Gasteiger partial charge in [-0.05, 0) is 18.3 Å². The molecule has 0 amide bonds. The van der Waals surface area contributed by atoms with E-state index in [1.807, 2.05) is 0 Å². The molecule has 0 aromatic carbocycles. The molecular weight excluding hydrogens is 343 g/mol. The number of nitrogens with one attached hydrogen (secondary N) is 1. The molecule has 2 unspecified atom stereocenters. The van der Waals surface area contributed by atoms with Crippen molar-refractivity contribution in [2.45, 2.75) is 24.5 Å². The van der Waals surface area contributed by atoms with Crippen LogP contribution in [-0.4, -0.2) is 54.5 Å². The lowest BCUT2D eigenvalue weighted by Crippen LogP contribution is -2.33. The first-order valence-corrected chi connectivity index (χ1v) is 8.07. The van der Waals surface area contributed by atoms with Crippen LogP contribution < -0.4 is 0 Å². The van der Waals surface area contributed by atoms with Crippen molar-refractivity contribution in [1.82, 2.24) is 9.55 Å². The maximum absolute atomic E-state index is 10.7. The van der Waals surface area contributed by atoms with Gasteiger partial charge in [-0.2, -0.15) is 0 Å². The minimum Gasteiger partial charge on any atom is -0.387 e. The Bertz CT molecular complexity index is 671. The van der Waals surface area contributed by atoms with Gasteiger partial charge in [-0.1, -0.05) is 12.2 Å². The van der Waals surface area contributed by atoms with Crippen molar-refractivity contribution in [1.29, 1.82) is 0 Å². The van der Waals surface area contributed by atoms with Crippen LogP contribution in [0.3, 0.4) is 0 Å². The van der Waals surface area contributed by atoms with Crippen LogP contribution in [0.25, 0.3) is 0 Å². The van der Waals surface area contributed by atoms with Crippen molar-refractivity contribution in [3.8, 4) is 0 Å². The minimum absolute atomic E-state index is 0.176. The summed E-state index contributed by atoms with van der Waals surface area (Å²) in [4.78, 5) is 20.0. The normalized spacial score (nSPS) is 29.7. The lowest BCUT2D eigenvalue weighted by molar-refractivity contribution is -0.0533. The lowest BCUT2D eigenvalue weighted by Gasteiger charge is -2.18. The summed E-state index contributed by atoms with van der Waals surface area (Å²) in [6.07, 6.45) is -3.38. The van der Waals surface area contributed by atoms with Gasteiger partial charge in [0.15, 0.2) is 11.0 Å². The second kappa shape index (κ2) is 6.32. The molecule has 0 radical (unpaired) electrons. The number of phosphoric acid groups is 1. The fourth-order valence-corrected chi connectivity index (χ4v) is 2.73. The highest BCUT2D eigenvalue weighted by Crippen LogP contribution is 2.38. The maximum atomic E-state index is 10.7. The summed E-state index contributed by atoms with van der Waals surface area (Å²) in [7, 11) is -4.69. The predicted molar refractivity (Wildman–Crippen MR) is 74.4 cm³/mol. The molecule has 1 aliphatic heterocycles. The van der Waals surface area contributed by atoms with Crippen LogP contribution in [0.4, 0.5) is 0 Å². The molecule has 1 fully saturated rings. The highest BCUT2D eigenvalue weighted by atomic mass is 32.1. The summed E-state index contributed by atoms with van der Waals surface area (Å²) in [6.45, 7) is -0.574. The first-order chi connectivity index (χ1) is 9.69. The fourth-order valence-electron chi connectivity index (χ4n) is 1.89. The van der Waals surface area contributed by atoms with Crippen molar-refractivity contribution in [3.05, 3.63) is 21.7 Å². The molecule has 0 saturated carbocycles. The van der Waals surface area contributed by atoms with Gasteiger partial charge in [-0.15, -0.1) is 0 Å². The van der Waals surface area contributed by atoms with Gasteiger partial charge in [0, 0.05) is 6.20 Å². The molecule has 5 N–H and O–H groups in total. The molecule has 118 valence electrons. The SMILES string of the molecule is O=P(O)(O)OC[C@@H]1O[C@H](n2ccc(=S)[nH]c2=S)C(O)C1O. The van der Waals surface area contributed by atoms with Gasteiger partial charge in [-0.25, -0.2) is 4.57 Å². The first kappa shape index (κ1) is 16.9. The molecule has 2 heterocycles. The summed E-state index contributed by atoms with van der Waals surface area (Å²) in [5, 5.41) is 19.8. The summed E-state index contributed by atoms with van der Waals surface area (Å²) in [6, 6.07) is 1.52. The van der Waals surface area contributed by atoms with E-state index in [0.717, 1.165) is 0 Å². The number of aromatic nitrogens is 2. The van der Waals surface area contributed by atoms with Crippen molar-refractivity contribution >= 4 is 32.3 Å². The van der Waals surface area contributed by atoms with Crippen molar-refractivity contribution in [3.63, 3.8) is 0 Å². The molecule has 1 saturated heterocycles. The molecule has 12 heteroatoms. The van der Waals surface area contributed by atoms with Gasteiger partial charge in [-0.3, -0.25) is 9.09 Å². The Hall–Kier alpha value is -0.490. The quantitative estimate of drug-likeness (QED) is 0.373. The van der Waals surface area contributed by atoms with Gasteiger partial charge in [0.05, 0.1) is 6.61 Å². The summed E-state index contributed by atoms with van der Waals surface area (Å²) < 4.78 is 22.2. The van der Waals surface area contributed by atoms with E-state index in [1.165, 1.54) is 16.8 Å². The molecule has 4 atom stereocenters. The van der Waals surface area contributed by atoms with Crippen LogP contribution in [0.2, 0.25) is 0 Å². The zero-order chi connectivity index (χ0) is 15.8. The molecule has 0 spiro atoms. The van der Waals surface area contributed by atoms with Crippen LogP contribution in [0.15, 0.2) is 12.3 Å². The topological polar surface area (TPSA) is 137 Å². The minimum atomic E-state index is -4.69. The second-order valence-electron chi connectivity index (χ2n) is 4.35. The largest absolute Gasteiger partial charge is 0.469 e. The number of nitrogens with zero attached hydrogens (tertiary/aromatic N) is 1. The van der Waals surface area contributed by atoms with Crippen molar-refractivity contribution < 1.29 is 33.8 Å². The van der Waals surface area contributed by atoms with Gasteiger partial charge in [0.2, 0.25) is 0 Å². The maximum Gasteiger partial charge on any atom is 0.469 e. The van der Waals surface area contributed by atoms with Crippen LogP contribution in [0.5, 0.6) is 0 Å². The highest BCUT2D eigenvalue weighted by molar-refractivity contribution is 7.72. The molecular formula is C9H13N2O7PS2. The average Bonchev–Trinajstić information content (AvgIpc) is 2.64. The zero-order valence-corrected chi connectivity index (χ0v) is 12.9. The third kappa shape index (κ3) is 4.03. The standard InChI is InChI=1S/C9H13N2O7PS2/c12-6-4(3-17-19(14,15)16)18-8(7(6)13)11-2-1-5(20)10-9(11)21/h1-2,4,6-8,12-13H,3H2,(H,10,20,21)(H2,14,15,16)/t4-,6?,7?,8-/m0/s1. The molecule has 9 nitrogen and oxygen atoms in total. The smallest absolute Gasteiger partial charge is 0.387 e. The van der Waals surface area contributed by atoms with E-state index in [9.17, 15) is 14.8 Å². The third-order valence-corrected chi connectivity index (χ3v) is 3.91. The second-order valence-corrected chi connectivity index (χ2v) is 6.42. The Labute approximate surface area is 129 Å². The monoisotopic (exact) mass is 356 g/mol. The Morgan fingerprint density at radius 1 is 1.38 bits per heavy atom. The van der Waals surface area contributed by atoms with Gasteiger partial charge >= 0.3 is 7.82 Å². The van der Waals surface area contributed by atoms with E-state index < -0.39 is 39.0 Å². The number of H-pyrrole nitrogens is 1. The Morgan fingerprint density at radius 2 is 2.05 bits per heavy atom. The van der Waals surface area contributed by atoms with Gasteiger partial charge in [0.1, 0.15) is 23.0 Å². The van der Waals surface area contributed by atoms with E-state index >= 15 is 0 Å². The van der Waals surface area contributed by atoms with E-state index in [4.69, 9.17) is 39.0 Å². The van der Waals surface area contributed by atoms with Crippen LogP contribution in [-0.2, 0) is 13.8 Å². The predicted octanol–water partition coefficient (Wildman–Crippen LogP) is 0.00368. The average molecular weight is 356 g/mol. The van der Waals surface area contributed by atoms with Crippen molar-refractivity contribution in [2.75, 3.05) is 6.61 Å². The van der Waals surface area contributed by atoms with Crippen LogP contribution in [0.1, 0.15) is 6.23 Å². The highest BCUT2D eigenvalue weighted by Gasteiger charge is 2.44. The van der Waals surface area contributed by atoms with Crippen molar-refractivity contribution in [2.24, 2.45) is 0 Å². The third-order valence-electron chi connectivity index (χ3n) is 2.87. The molecule has 1 aliphatic rings. The van der Waals surface area contributed by atoms with E-state index in [0.29, 0.717) is 4.64 Å². The summed E-state index contributed by atoms with van der Waals surface area (Å²) in [5.41, 5.74) is 0. The van der Waals surface area contributed by atoms with Gasteiger partial charge < -0.3 is 29.7 Å². The molecule has 1 aromatic rings. The number of hydrogen-bond donors (Lipinski definition) is 5. The molecule has 21 heavy (non-hydrogen) atoms. The Balaban J connectivity index is 2.18. The lowest BCUT2D eigenvalue weighted by atomic mass is 10.1. The zero-order valence-electron chi connectivity index (χ0n) is 10.4. The molecule has 1 aromatic heterocycles. The summed E-state index contributed by atoms with van der Waals surface area (Å²) >= 11 is 9.94. The number of hydrogen-bond acceptors (Lipinski definition) is 7. The Kier molecular flexibility index (Phi) is 5.08. The van der Waals surface area contributed by atoms with Crippen LogP contribution >= 0.6 is 32.3 Å². The number of aromatic amines is 1. The number of aliphatic hydroxyl groups is 2. The Morgan fingerprint density at radius 3 is 2.62 bits per heavy atom. The number of aliphatic hydroxyl groups excluding tert-OH is 2. The molecule has 0 bridgehead atoms. The summed E-state index contributed by atoms with van der Waals surface area (Å²) in [5.74, 6) is 0.